The molecule has 0 saturated heterocycles. The molecule has 1 N–H and O–H groups in total. The lowest BCUT2D eigenvalue weighted by atomic mass is 9.78. The molecule has 0 amide bonds. The number of para-hydroxylation sites is 2. The lowest BCUT2D eigenvalue weighted by molar-refractivity contribution is 0.446. The number of phenolic OH excluding ortho intramolecular Hbond substituents is 1. The molecule has 5 heteroatoms. The van der Waals surface area contributed by atoms with Gasteiger partial charge in [-0.25, -0.2) is 4.98 Å². The van der Waals surface area contributed by atoms with Crippen LogP contribution in [0.2, 0.25) is 0 Å². The summed E-state index contributed by atoms with van der Waals surface area (Å²) < 4.78 is 9.06. The second-order valence-corrected chi connectivity index (χ2v) is 23.7. The van der Waals surface area contributed by atoms with Crippen molar-refractivity contribution in [1.29, 1.82) is 0 Å². The molecule has 0 spiro atoms. The van der Waals surface area contributed by atoms with Gasteiger partial charge in [-0.15, -0.1) is 0 Å². The van der Waals surface area contributed by atoms with Gasteiger partial charge in [0.15, 0.2) is 0 Å². The minimum absolute atomic E-state index is 0.0987. The van der Waals surface area contributed by atoms with E-state index < -0.39 is 0 Å². The number of imidazole rings is 1. The zero-order valence-corrected chi connectivity index (χ0v) is 44.6. The van der Waals surface area contributed by atoms with Crippen LogP contribution in [0.3, 0.4) is 0 Å². The number of hydrogen-bond acceptors (Lipinski definition) is 4. The van der Waals surface area contributed by atoms with E-state index >= 15 is 0 Å². The van der Waals surface area contributed by atoms with Crippen LogP contribution in [0.25, 0.3) is 94.7 Å². The van der Waals surface area contributed by atoms with Gasteiger partial charge in [-0.3, -0.25) is 9.55 Å². The molecule has 5 nitrogen and oxygen atoms in total. The molecule has 0 aliphatic rings. The number of fused-ring (bicyclic) bond motifs is 4. The molecule has 368 valence electrons. The second kappa shape index (κ2) is 17.9. The topological polar surface area (TPSA) is 64.1 Å². The third kappa shape index (κ3) is 8.58. The summed E-state index contributed by atoms with van der Waals surface area (Å²) in [7, 11) is 0. The van der Waals surface area contributed by atoms with Crippen LogP contribution < -0.4 is 0 Å². The Balaban J connectivity index is 1.16. The van der Waals surface area contributed by atoms with Gasteiger partial charge in [0.05, 0.1) is 28.0 Å². The maximum atomic E-state index is 12.7. The van der Waals surface area contributed by atoms with Crippen molar-refractivity contribution in [3.63, 3.8) is 0 Å². The predicted molar refractivity (Wildman–Crippen MR) is 310 cm³/mol. The molecule has 0 fully saturated rings. The van der Waals surface area contributed by atoms with Gasteiger partial charge in [0.2, 0.25) is 0 Å². The Kier molecular flexibility index (Phi) is 11.7. The van der Waals surface area contributed by atoms with Crippen LogP contribution >= 0.6 is 0 Å². The smallest absolute Gasteiger partial charge is 0.149 e. The zero-order valence-electron chi connectivity index (χ0n) is 44.6. The number of furan rings is 1. The maximum Gasteiger partial charge on any atom is 0.149 e. The highest BCUT2D eigenvalue weighted by molar-refractivity contribution is 6.16. The van der Waals surface area contributed by atoms with Gasteiger partial charge in [0.1, 0.15) is 22.7 Å². The Labute approximate surface area is 436 Å². The van der Waals surface area contributed by atoms with Gasteiger partial charge in [-0.2, -0.15) is 0 Å². The minimum atomic E-state index is -0.353. The van der Waals surface area contributed by atoms with E-state index in [0.29, 0.717) is 11.4 Å². The normalized spacial score (nSPS) is 12.6. The van der Waals surface area contributed by atoms with Crippen molar-refractivity contribution in [1.82, 2.24) is 14.5 Å². The van der Waals surface area contributed by atoms with Crippen molar-refractivity contribution >= 4 is 33.0 Å². The zero-order chi connectivity index (χ0) is 51.9. The number of nitrogens with zero attached hydrogens (tertiary/aromatic N) is 3. The Morgan fingerprint density at radius 2 is 1.09 bits per heavy atom. The Hall–Kier alpha value is -8.02. The van der Waals surface area contributed by atoms with Crippen LogP contribution in [-0.2, 0) is 21.7 Å². The molecular weight excluding hydrogens is 903 g/mol. The summed E-state index contributed by atoms with van der Waals surface area (Å²) in [6.07, 6.45) is 1.91. The maximum absolute atomic E-state index is 12.7. The van der Waals surface area contributed by atoms with E-state index in [0.717, 1.165) is 94.4 Å². The summed E-state index contributed by atoms with van der Waals surface area (Å²) in [5.74, 6) is 0.904. The van der Waals surface area contributed by atoms with Crippen LogP contribution in [-0.4, -0.2) is 19.6 Å². The van der Waals surface area contributed by atoms with Crippen LogP contribution in [0.5, 0.6) is 5.75 Å². The fourth-order valence-electron chi connectivity index (χ4n) is 10.7. The molecule has 0 aliphatic heterocycles. The lowest BCUT2D eigenvalue weighted by Crippen LogP contribution is -2.18. The first-order valence-corrected chi connectivity index (χ1v) is 25.9. The molecule has 0 bridgehead atoms. The summed E-state index contributed by atoms with van der Waals surface area (Å²) in [6.45, 7) is 24.5. The molecule has 8 aromatic carbocycles. The first-order chi connectivity index (χ1) is 35.3. The first kappa shape index (κ1) is 48.3. The Morgan fingerprint density at radius 1 is 0.446 bits per heavy atom. The summed E-state index contributed by atoms with van der Waals surface area (Å²) in [4.78, 5) is 10.8. The predicted octanol–water partition coefficient (Wildman–Crippen LogP) is 18.6. The second-order valence-electron chi connectivity index (χ2n) is 23.7. The van der Waals surface area contributed by atoms with Crippen molar-refractivity contribution in [3.05, 3.63) is 216 Å². The molecule has 0 radical (unpaired) electrons. The van der Waals surface area contributed by atoms with E-state index in [4.69, 9.17) is 14.4 Å². The number of phenols is 1. The van der Waals surface area contributed by atoms with Crippen molar-refractivity contribution in [2.75, 3.05) is 0 Å². The SMILES string of the molecule is CC(C)(C)c1ccc(-n2c(-c3cc(C(C)(C)C)cc(C(C)(C)C)c3O)nc3c(-c4cc(-c5cc(-c6ccc(C(C)(C)c7ccccc7)cc6)ccn5)cc5oc6ccccc6c45)cccc32)c(-c2ccccc2)c1. The summed E-state index contributed by atoms with van der Waals surface area (Å²) in [5.41, 5.74) is 18.0. The quantitative estimate of drug-likeness (QED) is 0.165. The van der Waals surface area contributed by atoms with Gasteiger partial charge in [0, 0.05) is 44.6 Å². The van der Waals surface area contributed by atoms with Gasteiger partial charge >= 0.3 is 0 Å². The highest BCUT2D eigenvalue weighted by atomic mass is 16.3. The summed E-state index contributed by atoms with van der Waals surface area (Å²) in [5, 5.41) is 14.7. The summed E-state index contributed by atoms with van der Waals surface area (Å²) in [6, 6.07) is 64.9. The molecule has 0 aliphatic carbocycles. The van der Waals surface area contributed by atoms with Crippen LogP contribution in [0.4, 0.5) is 0 Å². The number of aromatic nitrogens is 3. The average molecular weight is 968 g/mol. The van der Waals surface area contributed by atoms with Gasteiger partial charge in [-0.05, 0) is 115 Å². The highest BCUT2D eigenvalue weighted by Crippen LogP contribution is 2.48. The molecule has 3 heterocycles. The van der Waals surface area contributed by atoms with Crippen molar-refractivity contribution in [2.24, 2.45) is 0 Å². The monoisotopic (exact) mass is 968 g/mol. The largest absolute Gasteiger partial charge is 0.507 e. The minimum Gasteiger partial charge on any atom is -0.507 e. The molecule has 0 saturated carbocycles. The molecule has 74 heavy (non-hydrogen) atoms. The molecule has 0 atom stereocenters. The fraction of sp³-hybridized carbons (Fsp3) is 0.217. The van der Waals surface area contributed by atoms with E-state index in [-0.39, 0.29) is 27.4 Å². The molecule has 0 unspecified atom stereocenters. The van der Waals surface area contributed by atoms with Gasteiger partial charge < -0.3 is 9.52 Å². The van der Waals surface area contributed by atoms with E-state index in [1.54, 1.807) is 0 Å². The van der Waals surface area contributed by atoms with Crippen LogP contribution in [0.1, 0.15) is 104 Å². The van der Waals surface area contributed by atoms with Crippen LogP contribution in [0.15, 0.2) is 193 Å². The third-order valence-electron chi connectivity index (χ3n) is 15.2. The molecule has 11 aromatic rings. The Bertz CT molecular complexity index is 3910. The number of benzene rings is 8. The van der Waals surface area contributed by atoms with Gasteiger partial charge in [0.25, 0.3) is 0 Å². The van der Waals surface area contributed by atoms with E-state index in [1.165, 1.54) is 16.7 Å². The number of rotatable bonds is 8. The lowest BCUT2D eigenvalue weighted by Gasteiger charge is -2.28. The van der Waals surface area contributed by atoms with Gasteiger partial charge in [-0.1, -0.05) is 204 Å². The van der Waals surface area contributed by atoms with Crippen molar-refractivity contribution < 1.29 is 9.52 Å². The van der Waals surface area contributed by atoms with Crippen molar-refractivity contribution in [2.45, 2.75) is 97.8 Å². The number of aromatic hydroxyl groups is 1. The number of pyridine rings is 1. The average Bonchev–Trinajstić information content (AvgIpc) is 3.97. The highest BCUT2D eigenvalue weighted by Gasteiger charge is 2.31. The van der Waals surface area contributed by atoms with Crippen molar-refractivity contribution in [3.8, 4) is 67.5 Å². The van der Waals surface area contributed by atoms with E-state index in [1.807, 2.05) is 18.3 Å². The van der Waals surface area contributed by atoms with Crippen LogP contribution in [0, 0.1) is 0 Å². The third-order valence-corrected chi connectivity index (χ3v) is 15.2. The summed E-state index contributed by atoms with van der Waals surface area (Å²) >= 11 is 0. The fourth-order valence-corrected chi connectivity index (χ4v) is 10.7. The molecule has 11 rings (SSSR count). The Morgan fingerprint density at radius 3 is 1.80 bits per heavy atom. The standard InChI is InChI=1S/C69H65N3O2/c1-66(2,3)49-33-34-58(53(40-49)44-21-14-12-15-22-44)72-59-27-20-26-51(63(59)71-65(72)55-41-50(67(4,5)6)42-56(64(55)73)68(7,8)9)54-37-46(39-61-62(54)52-25-18-19-28-60(52)74-61)57-38-45(35-36-70-57)43-29-31-48(32-30-43)69(10,11)47-23-16-13-17-24-47/h12-42,73H,1-11H3. The first-order valence-electron chi connectivity index (χ1n) is 25.9. The molecular formula is C69H65N3O2. The molecule has 3 aromatic heterocycles. The van der Waals surface area contributed by atoms with E-state index in [9.17, 15) is 5.11 Å². The number of hydrogen-bond donors (Lipinski definition) is 1. The van der Waals surface area contributed by atoms with E-state index in [2.05, 4.69) is 251 Å².